The summed E-state index contributed by atoms with van der Waals surface area (Å²) in [6.07, 6.45) is 8.67. The maximum atomic E-state index is 6.01. The zero-order chi connectivity index (χ0) is 14.2. The number of nitrogens with one attached hydrogen (secondary N) is 1. The predicted octanol–water partition coefficient (Wildman–Crippen LogP) is 2.65. The highest BCUT2D eigenvalue weighted by molar-refractivity contribution is 4.98. The van der Waals surface area contributed by atoms with Crippen LogP contribution in [-0.4, -0.2) is 49.8 Å². The van der Waals surface area contributed by atoms with E-state index in [0.717, 1.165) is 19.1 Å². The Balaban J connectivity index is 1.64. The topological polar surface area (TPSA) is 24.5 Å². The van der Waals surface area contributed by atoms with Gasteiger partial charge < -0.3 is 10.1 Å². The average molecular weight is 280 g/mol. The van der Waals surface area contributed by atoms with E-state index in [1.807, 2.05) is 0 Å². The van der Waals surface area contributed by atoms with Crippen molar-refractivity contribution in [2.45, 2.75) is 70.6 Å². The number of nitrogens with zero attached hydrogens (tertiary/aromatic N) is 1. The van der Waals surface area contributed by atoms with Crippen LogP contribution in [-0.2, 0) is 4.74 Å². The summed E-state index contributed by atoms with van der Waals surface area (Å²) in [5.74, 6) is 0.815. The molecule has 1 N–H and O–H groups in total. The van der Waals surface area contributed by atoms with E-state index < -0.39 is 0 Å². The highest BCUT2D eigenvalue weighted by Crippen LogP contribution is 2.42. The molecule has 0 aromatic heterocycles. The smallest absolute Gasteiger partial charge is 0.0730 e. The minimum atomic E-state index is 0.456. The lowest BCUT2D eigenvalue weighted by Crippen LogP contribution is -2.55. The van der Waals surface area contributed by atoms with Gasteiger partial charge in [0.2, 0.25) is 0 Å². The molecule has 0 aromatic rings. The summed E-state index contributed by atoms with van der Waals surface area (Å²) in [4.78, 5) is 2.77. The van der Waals surface area contributed by atoms with Crippen LogP contribution in [0.5, 0.6) is 0 Å². The van der Waals surface area contributed by atoms with Crippen LogP contribution >= 0.6 is 0 Å². The zero-order valence-corrected chi connectivity index (χ0v) is 13.5. The molecule has 4 atom stereocenters. The quantitative estimate of drug-likeness (QED) is 0.860. The first-order valence-corrected chi connectivity index (χ1v) is 8.65. The van der Waals surface area contributed by atoms with Crippen molar-refractivity contribution in [1.82, 2.24) is 10.2 Å². The van der Waals surface area contributed by atoms with Crippen molar-refractivity contribution < 1.29 is 4.74 Å². The minimum absolute atomic E-state index is 0.456. The Morgan fingerprint density at radius 1 is 1.20 bits per heavy atom. The third-order valence-electron chi connectivity index (χ3n) is 6.10. The highest BCUT2D eigenvalue weighted by atomic mass is 16.5. The monoisotopic (exact) mass is 280 g/mol. The molecular weight excluding hydrogens is 248 g/mol. The van der Waals surface area contributed by atoms with E-state index in [1.165, 1.54) is 45.1 Å². The molecule has 0 aromatic carbocycles. The van der Waals surface area contributed by atoms with E-state index in [0.29, 0.717) is 23.6 Å². The molecular formula is C17H32N2O. The molecule has 3 aliphatic rings. The first-order valence-electron chi connectivity index (χ1n) is 8.65. The Morgan fingerprint density at radius 3 is 2.80 bits per heavy atom. The number of ether oxygens (including phenoxy) is 1. The summed E-state index contributed by atoms with van der Waals surface area (Å²) < 4.78 is 6.01. The van der Waals surface area contributed by atoms with E-state index in [4.69, 9.17) is 4.74 Å². The van der Waals surface area contributed by atoms with Crippen molar-refractivity contribution >= 4 is 0 Å². The zero-order valence-electron chi connectivity index (χ0n) is 13.5. The van der Waals surface area contributed by atoms with Crippen molar-refractivity contribution in [1.29, 1.82) is 0 Å². The maximum absolute atomic E-state index is 6.01. The molecule has 0 spiro atoms. The van der Waals surface area contributed by atoms with Gasteiger partial charge in [0.15, 0.2) is 0 Å². The van der Waals surface area contributed by atoms with Crippen LogP contribution in [0.1, 0.15) is 52.4 Å². The molecule has 0 bridgehead atoms. The standard InChI is InChI=1S/C17H32N2O/c1-17(2)9-8-13(16(17)18-3)12-19-10-11-20-15-7-5-4-6-14(15)19/h13-16,18H,4-12H2,1-3H3. The van der Waals surface area contributed by atoms with Gasteiger partial charge in [-0.25, -0.2) is 0 Å². The van der Waals surface area contributed by atoms with Crippen LogP contribution in [0.4, 0.5) is 0 Å². The molecule has 1 saturated heterocycles. The fourth-order valence-electron chi connectivity index (χ4n) is 5.05. The van der Waals surface area contributed by atoms with E-state index in [9.17, 15) is 0 Å². The van der Waals surface area contributed by atoms with Crippen LogP contribution in [0.3, 0.4) is 0 Å². The Hall–Kier alpha value is -0.120. The molecule has 0 amide bonds. The second kappa shape index (κ2) is 5.94. The van der Waals surface area contributed by atoms with Crippen molar-refractivity contribution in [2.75, 3.05) is 26.7 Å². The lowest BCUT2D eigenvalue weighted by atomic mass is 9.84. The second-order valence-electron chi connectivity index (χ2n) is 7.81. The van der Waals surface area contributed by atoms with E-state index in [1.54, 1.807) is 0 Å². The van der Waals surface area contributed by atoms with Crippen LogP contribution < -0.4 is 5.32 Å². The number of hydrogen-bond acceptors (Lipinski definition) is 3. The van der Waals surface area contributed by atoms with Crippen LogP contribution in [0, 0.1) is 11.3 Å². The molecule has 20 heavy (non-hydrogen) atoms. The normalized spacial score (nSPS) is 41.5. The van der Waals surface area contributed by atoms with E-state index in [2.05, 4.69) is 31.1 Å². The van der Waals surface area contributed by atoms with Crippen molar-refractivity contribution in [3.8, 4) is 0 Å². The van der Waals surface area contributed by atoms with Crippen molar-refractivity contribution in [2.24, 2.45) is 11.3 Å². The van der Waals surface area contributed by atoms with Crippen LogP contribution in [0.25, 0.3) is 0 Å². The molecule has 2 aliphatic carbocycles. The molecule has 3 heteroatoms. The minimum Gasteiger partial charge on any atom is -0.375 e. The van der Waals surface area contributed by atoms with Gasteiger partial charge in [-0.2, -0.15) is 0 Å². The first-order chi connectivity index (χ1) is 9.62. The summed E-state index contributed by atoms with van der Waals surface area (Å²) in [7, 11) is 2.15. The summed E-state index contributed by atoms with van der Waals surface area (Å²) in [5, 5.41) is 3.61. The molecule has 0 radical (unpaired) electrons. The van der Waals surface area contributed by atoms with Crippen LogP contribution in [0.2, 0.25) is 0 Å². The van der Waals surface area contributed by atoms with Gasteiger partial charge >= 0.3 is 0 Å². The maximum Gasteiger partial charge on any atom is 0.0730 e. The number of rotatable bonds is 3. The number of morpholine rings is 1. The second-order valence-corrected chi connectivity index (χ2v) is 7.81. The number of hydrogen-bond donors (Lipinski definition) is 1. The van der Waals surface area contributed by atoms with Gasteiger partial charge in [-0.1, -0.05) is 26.7 Å². The molecule has 3 nitrogen and oxygen atoms in total. The lowest BCUT2D eigenvalue weighted by molar-refractivity contribution is -0.0929. The summed E-state index contributed by atoms with van der Waals surface area (Å²) in [6, 6.07) is 1.38. The van der Waals surface area contributed by atoms with Gasteiger partial charge in [0.1, 0.15) is 0 Å². The third kappa shape index (κ3) is 2.77. The predicted molar refractivity (Wildman–Crippen MR) is 82.9 cm³/mol. The van der Waals surface area contributed by atoms with E-state index in [-0.39, 0.29) is 0 Å². The van der Waals surface area contributed by atoms with Gasteiger partial charge in [0.05, 0.1) is 12.7 Å². The molecule has 116 valence electrons. The molecule has 3 fully saturated rings. The van der Waals surface area contributed by atoms with E-state index >= 15 is 0 Å². The first kappa shape index (κ1) is 14.8. The fraction of sp³-hybridized carbons (Fsp3) is 1.00. The summed E-state index contributed by atoms with van der Waals surface area (Å²) in [5.41, 5.74) is 0.456. The average Bonchev–Trinajstić information content (AvgIpc) is 2.73. The molecule has 4 unspecified atom stereocenters. The Bertz CT molecular complexity index is 329. The molecule has 2 saturated carbocycles. The van der Waals surface area contributed by atoms with Crippen LogP contribution in [0.15, 0.2) is 0 Å². The van der Waals surface area contributed by atoms with Gasteiger partial charge in [-0.15, -0.1) is 0 Å². The molecule has 3 rings (SSSR count). The van der Waals surface area contributed by atoms with Crippen molar-refractivity contribution in [3.05, 3.63) is 0 Å². The SMILES string of the molecule is CNC1C(CN2CCOC3CCCCC32)CCC1(C)C. The molecule has 1 aliphatic heterocycles. The largest absolute Gasteiger partial charge is 0.375 e. The molecule has 1 heterocycles. The Kier molecular flexibility index (Phi) is 4.40. The highest BCUT2D eigenvalue weighted by Gasteiger charge is 2.43. The summed E-state index contributed by atoms with van der Waals surface area (Å²) in [6.45, 7) is 8.23. The number of fused-ring (bicyclic) bond motifs is 1. The van der Waals surface area contributed by atoms with Crippen molar-refractivity contribution in [3.63, 3.8) is 0 Å². The van der Waals surface area contributed by atoms with Gasteiger partial charge in [-0.3, -0.25) is 4.90 Å². The third-order valence-corrected chi connectivity index (χ3v) is 6.10. The lowest BCUT2D eigenvalue weighted by Gasteiger charge is -2.45. The van der Waals surface area contributed by atoms with Gasteiger partial charge in [-0.05, 0) is 44.1 Å². The summed E-state index contributed by atoms with van der Waals surface area (Å²) >= 11 is 0. The van der Waals surface area contributed by atoms with Gasteiger partial charge in [0, 0.05) is 25.2 Å². The van der Waals surface area contributed by atoms with Gasteiger partial charge in [0.25, 0.3) is 0 Å². The Morgan fingerprint density at radius 2 is 2.00 bits per heavy atom. The fourth-order valence-corrected chi connectivity index (χ4v) is 5.05. The Labute approximate surface area is 124 Å².